The average molecular weight is 521 g/mol. The van der Waals surface area contributed by atoms with E-state index in [-0.39, 0.29) is 6.10 Å². The van der Waals surface area contributed by atoms with E-state index in [1.54, 1.807) is 19.3 Å². The number of hydrogen-bond donors (Lipinski definition) is 2. The summed E-state index contributed by atoms with van der Waals surface area (Å²) in [6.45, 7) is 19.9. The second-order valence-corrected chi connectivity index (χ2v) is 9.54. The number of nitrogens with zero attached hydrogens (tertiary/aromatic N) is 3. The lowest BCUT2D eigenvalue weighted by Gasteiger charge is -2.29. The molecule has 5 heteroatoms. The fourth-order valence-electron chi connectivity index (χ4n) is 4.23. The molecular formula is C33H52N4O. The molecule has 0 bridgehead atoms. The fourth-order valence-corrected chi connectivity index (χ4v) is 4.23. The Balaban J connectivity index is 0.00000103. The Bertz CT molecular complexity index is 1020. The van der Waals surface area contributed by atoms with Crippen LogP contribution in [0.3, 0.4) is 0 Å². The first kappa shape index (κ1) is 34.8. The molecule has 2 rings (SSSR count). The molecule has 1 fully saturated rings. The van der Waals surface area contributed by atoms with Crippen molar-refractivity contribution in [2.24, 2.45) is 27.6 Å². The quantitative estimate of drug-likeness (QED) is 0.277. The van der Waals surface area contributed by atoms with Gasteiger partial charge in [0.25, 0.3) is 0 Å². The van der Waals surface area contributed by atoms with Crippen molar-refractivity contribution in [3.05, 3.63) is 89.9 Å². The van der Waals surface area contributed by atoms with Gasteiger partial charge >= 0.3 is 0 Å². The number of aliphatic hydroxyl groups excluding tert-OH is 1. The van der Waals surface area contributed by atoms with Gasteiger partial charge < -0.3 is 15.7 Å². The number of hydrogen-bond acceptors (Lipinski definition) is 5. The van der Waals surface area contributed by atoms with Crippen molar-refractivity contribution in [1.82, 2.24) is 4.90 Å². The first-order valence-electron chi connectivity index (χ1n) is 13.6. The zero-order chi connectivity index (χ0) is 29.3. The Morgan fingerprint density at radius 3 is 2.11 bits per heavy atom. The van der Waals surface area contributed by atoms with Gasteiger partial charge in [-0.25, -0.2) is 4.99 Å². The van der Waals surface area contributed by atoms with Crippen molar-refractivity contribution in [3.63, 3.8) is 0 Å². The Kier molecular flexibility index (Phi) is 17.4. The molecule has 1 aromatic rings. The van der Waals surface area contributed by atoms with E-state index in [9.17, 15) is 5.11 Å². The van der Waals surface area contributed by atoms with E-state index in [1.807, 2.05) is 77.2 Å². The third-order valence-electron chi connectivity index (χ3n) is 6.37. The summed E-state index contributed by atoms with van der Waals surface area (Å²) in [5, 5.41) is 9.45. The Morgan fingerprint density at radius 2 is 1.66 bits per heavy atom. The SMILES string of the molecule is C=C/C(=C\N(C)C)c1cccc(/C(C)=N/C(N)=C(C=C)/C(C=NC)=C/C)c1.CC.CC1CCCC(C)C1O. The van der Waals surface area contributed by atoms with Crippen LogP contribution >= 0.6 is 0 Å². The first-order chi connectivity index (χ1) is 18.1. The zero-order valence-corrected chi connectivity index (χ0v) is 25.3. The summed E-state index contributed by atoms with van der Waals surface area (Å²) in [6.07, 6.45) is 13.0. The van der Waals surface area contributed by atoms with E-state index >= 15 is 0 Å². The number of benzene rings is 1. The molecule has 0 spiro atoms. The largest absolute Gasteiger partial charge is 0.393 e. The number of allylic oxidation sites excluding steroid dienone is 6. The van der Waals surface area contributed by atoms with Crippen LogP contribution in [0.25, 0.3) is 5.57 Å². The molecule has 0 radical (unpaired) electrons. The normalized spacial score (nSPS) is 20.9. The van der Waals surface area contributed by atoms with E-state index in [0.717, 1.165) is 33.6 Å². The molecule has 0 aliphatic heterocycles. The number of nitrogens with two attached hydrogens (primary N) is 1. The maximum atomic E-state index is 9.45. The first-order valence-corrected chi connectivity index (χ1v) is 13.6. The predicted molar refractivity (Wildman–Crippen MR) is 170 cm³/mol. The maximum absolute atomic E-state index is 9.45. The summed E-state index contributed by atoms with van der Waals surface area (Å²) in [7, 11) is 5.69. The third-order valence-corrected chi connectivity index (χ3v) is 6.37. The van der Waals surface area contributed by atoms with Gasteiger partial charge in [-0.05, 0) is 66.9 Å². The highest BCUT2D eigenvalue weighted by Crippen LogP contribution is 2.28. The summed E-state index contributed by atoms with van der Waals surface area (Å²) in [4.78, 5) is 10.7. The van der Waals surface area contributed by atoms with Gasteiger partial charge in [-0.3, -0.25) is 4.99 Å². The molecular weight excluding hydrogens is 468 g/mol. The fraction of sp³-hybridized carbons (Fsp3) is 0.455. The van der Waals surface area contributed by atoms with E-state index in [2.05, 4.69) is 49.1 Å². The number of rotatable bonds is 8. The van der Waals surface area contributed by atoms with Crippen LogP contribution in [-0.2, 0) is 0 Å². The van der Waals surface area contributed by atoms with E-state index in [0.29, 0.717) is 17.7 Å². The molecule has 0 heterocycles. The topological polar surface area (TPSA) is 74.2 Å². The summed E-state index contributed by atoms with van der Waals surface area (Å²) in [6, 6.07) is 8.16. The van der Waals surface area contributed by atoms with Crippen LogP contribution in [-0.4, -0.2) is 49.2 Å². The Labute approximate surface area is 233 Å². The smallest absolute Gasteiger partial charge is 0.131 e. The van der Waals surface area contributed by atoms with Crippen molar-refractivity contribution in [2.45, 2.75) is 66.9 Å². The van der Waals surface area contributed by atoms with E-state index in [4.69, 9.17) is 5.73 Å². The van der Waals surface area contributed by atoms with Gasteiger partial charge in [0.15, 0.2) is 0 Å². The van der Waals surface area contributed by atoms with Crippen LogP contribution in [0.5, 0.6) is 0 Å². The van der Waals surface area contributed by atoms with Crippen molar-refractivity contribution in [2.75, 3.05) is 21.1 Å². The minimum absolute atomic E-state index is 0.0289. The van der Waals surface area contributed by atoms with Crippen LogP contribution in [0.4, 0.5) is 0 Å². The standard InChI is InChI=1S/C23H30N4.C8H16O.C2H6/c1-8-18(15-25-5)22(10-3)23(24)26-17(4)20-12-11-13-21(14-20)19(9-2)16-27(6)7;1-6-4-3-5-7(2)8(6)9;1-2/h8-16H,2-3,24H2,1,4-7H3;6-9H,3-5H2,1-2H3;1-2H3/b18-8+,19-16+,23-22+,25-15?,26-17+;;. The lowest BCUT2D eigenvalue weighted by atomic mass is 9.81. The van der Waals surface area contributed by atoms with Gasteiger partial charge in [0.1, 0.15) is 5.82 Å². The molecule has 1 saturated carbocycles. The minimum Gasteiger partial charge on any atom is -0.393 e. The van der Waals surface area contributed by atoms with E-state index in [1.165, 1.54) is 19.3 Å². The lowest BCUT2D eigenvalue weighted by Crippen LogP contribution is -2.29. The van der Waals surface area contributed by atoms with Gasteiger partial charge in [-0.1, -0.05) is 83.7 Å². The average Bonchev–Trinajstić information content (AvgIpc) is 2.91. The van der Waals surface area contributed by atoms with Crippen molar-refractivity contribution in [1.29, 1.82) is 0 Å². The molecule has 0 amide bonds. The van der Waals surface area contributed by atoms with Crippen LogP contribution < -0.4 is 5.73 Å². The summed E-state index contributed by atoms with van der Waals surface area (Å²) < 4.78 is 0. The molecule has 0 saturated heterocycles. The number of aliphatic hydroxyl groups is 1. The summed E-state index contributed by atoms with van der Waals surface area (Å²) in [5.74, 6) is 1.48. The van der Waals surface area contributed by atoms with Gasteiger partial charge in [-0.15, -0.1) is 0 Å². The van der Waals surface area contributed by atoms with Crippen molar-refractivity contribution >= 4 is 17.5 Å². The summed E-state index contributed by atoms with van der Waals surface area (Å²) >= 11 is 0. The van der Waals surface area contributed by atoms with Gasteiger partial charge in [0.2, 0.25) is 0 Å². The lowest BCUT2D eigenvalue weighted by molar-refractivity contribution is 0.0334. The highest BCUT2D eigenvalue weighted by Gasteiger charge is 2.24. The van der Waals surface area contributed by atoms with Crippen LogP contribution in [0.2, 0.25) is 0 Å². The monoisotopic (exact) mass is 520 g/mol. The molecule has 3 N–H and O–H groups in total. The molecule has 210 valence electrons. The molecule has 1 aliphatic carbocycles. The zero-order valence-electron chi connectivity index (χ0n) is 25.3. The van der Waals surface area contributed by atoms with Gasteiger partial charge in [0, 0.05) is 44.8 Å². The highest BCUT2D eigenvalue weighted by atomic mass is 16.3. The third kappa shape index (κ3) is 11.5. The molecule has 5 nitrogen and oxygen atoms in total. The molecule has 2 unspecified atom stereocenters. The van der Waals surface area contributed by atoms with Crippen molar-refractivity contribution < 1.29 is 5.11 Å². The Morgan fingerprint density at radius 1 is 1.08 bits per heavy atom. The van der Waals surface area contributed by atoms with Gasteiger partial charge in [-0.2, -0.15) is 0 Å². The maximum Gasteiger partial charge on any atom is 0.131 e. The van der Waals surface area contributed by atoms with Crippen LogP contribution in [0, 0.1) is 11.8 Å². The van der Waals surface area contributed by atoms with Crippen LogP contribution in [0.1, 0.15) is 71.9 Å². The molecule has 0 aromatic heterocycles. The minimum atomic E-state index is -0.0289. The molecule has 1 aliphatic rings. The second kappa shape index (κ2) is 19.0. The highest BCUT2D eigenvalue weighted by molar-refractivity contribution is 6.00. The molecule has 2 atom stereocenters. The van der Waals surface area contributed by atoms with Crippen molar-refractivity contribution in [3.8, 4) is 0 Å². The predicted octanol–water partition coefficient (Wildman–Crippen LogP) is 7.42. The number of aliphatic imine (C=N–C) groups is 2. The van der Waals surface area contributed by atoms with Gasteiger partial charge in [0.05, 0.1) is 6.10 Å². The van der Waals surface area contributed by atoms with E-state index < -0.39 is 0 Å². The molecule has 1 aromatic carbocycles. The summed E-state index contributed by atoms with van der Waals surface area (Å²) in [5.41, 5.74) is 11.8. The Hall–Kier alpha value is -3.18. The van der Waals surface area contributed by atoms with Crippen LogP contribution in [0.15, 0.2) is 88.8 Å². The molecule has 38 heavy (non-hydrogen) atoms. The second-order valence-electron chi connectivity index (χ2n) is 9.54.